The summed E-state index contributed by atoms with van der Waals surface area (Å²) in [6.07, 6.45) is 2.47. The van der Waals surface area contributed by atoms with Crippen LogP contribution in [0.25, 0.3) is 0 Å². The Hall–Kier alpha value is -1.95. The zero-order valence-corrected chi connectivity index (χ0v) is 10.2. The van der Waals surface area contributed by atoms with Gasteiger partial charge in [-0.2, -0.15) is 0 Å². The van der Waals surface area contributed by atoms with Gasteiger partial charge in [-0.05, 0) is 18.6 Å². The van der Waals surface area contributed by atoms with E-state index in [1.54, 1.807) is 11.1 Å². The lowest BCUT2D eigenvalue weighted by Gasteiger charge is -2.27. The first-order valence-electron chi connectivity index (χ1n) is 5.89. The molecule has 18 heavy (non-hydrogen) atoms. The fourth-order valence-electron chi connectivity index (χ4n) is 1.83. The fraction of sp³-hybridized carbons (Fsp3) is 0.417. The fourth-order valence-corrected chi connectivity index (χ4v) is 1.83. The van der Waals surface area contributed by atoms with Gasteiger partial charge in [-0.25, -0.2) is 0 Å². The van der Waals surface area contributed by atoms with Gasteiger partial charge in [-0.1, -0.05) is 6.92 Å². The Morgan fingerprint density at radius 2 is 2.06 bits per heavy atom. The number of carbonyl (C=O) groups is 2. The van der Waals surface area contributed by atoms with Gasteiger partial charge in [-0.15, -0.1) is 0 Å². The van der Waals surface area contributed by atoms with Crippen LogP contribution >= 0.6 is 0 Å². The lowest BCUT2D eigenvalue weighted by atomic mass is 10.1. The van der Waals surface area contributed by atoms with Crippen LogP contribution in [0.5, 0.6) is 0 Å². The molecule has 6 nitrogen and oxygen atoms in total. The second kappa shape index (κ2) is 5.14. The van der Waals surface area contributed by atoms with E-state index < -0.39 is 0 Å². The summed E-state index contributed by atoms with van der Waals surface area (Å²) in [4.78, 5) is 28.5. The summed E-state index contributed by atoms with van der Waals surface area (Å²) in [5, 5.41) is 2.26. The Labute approximate surface area is 105 Å². The van der Waals surface area contributed by atoms with Crippen molar-refractivity contribution in [2.24, 2.45) is 5.73 Å². The predicted molar refractivity (Wildman–Crippen MR) is 66.8 cm³/mol. The molecule has 1 atom stereocenters. The second-order valence-electron chi connectivity index (χ2n) is 4.28. The third-order valence-corrected chi connectivity index (χ3v) is 2.90. The van der Waals surface area contributed by atoms with E-state index in [2.05, 4.69) is 10.3 Å². The predicted octanol–water partition coefficient (Wildman–Crippen LogP) is -0.0458. The smallest absolute Gasteiger partial charge is 0.246 e. The Bertz CT molecular complexity index is 442. The van der Waals surface area contributed by atoms with Gasteiger partial charge >= 0.3 is 0 Å². The molecule has 0 radical (unpaired) electrons. The van der Waals surface area contributed by atoms with Gasteiger partial charge in [0.15, 0.2) is 0 Å². The van der Waals surface area contributed by atoms with E-state index in [1.165, 1.54) is 0 Å². The van der Waals surface area contributed by atoms with Crippen LogP contribution in [-0.4, -0.2) is 29.9 Å². The van der Waals surface area contributed by atoms with Crippen LogP contribution in [0.15, 0.2) is 18.3 Å². The highest BCUT2D eigenvalue weighted by Gasteiger charge is 2.22. The Morgan fingerprint density at radius 3 is 2.56 bits per heavy atom. The second-order valence-corrected chi connectivity index (χ2v) is 4.28. The van der Waals surface area contributed by atoms with Gasteiger partial charge in [0, 0.05) is 6.04 Å². The van der Waals surface area contributed by atoms with Crippen molar-refractivity contribution in [1.29, 1.82) is 0 Å². The van der Waals surface area contributed by atoms with Gasteiger partial charge in [0.05, 0.1) is 30.7 Å². The van der Waals surface area contributed by atoms with Crippen LogP contribution in [0, 0.1) is 0 Å². The average molecular weight is 248 g/mol. The number of nitrogens with zero attached hydrogens (tertiary/aromatic N) is 2. The van der Waals surface area contributed by atoms with Crippen molar-refractivity contribution in [3.63, 3.8) is 0 Å². The van der Waals surface area contributed by atoms with Gasteiger partial charge in [-0.3, -0.25) is 19.9 Å². The standard InChI is InChI=1S/C12H16N4O2/c1-2-9(13)10-4-3-8(5-14-10)16-6-11(17)15-12(18)7-16/h3-5,9H,2,6-7,13H2,1H3,(H,15,17,18)/t9-/m0/s1. The summed E-state index contributed by atoms with van der Waals surface area (Å²) in [6, 6.07) is 3.59. The maximum atomic E-state index is 11.3. The molecule has 0 saturated carbocycles. The molecule has 2 amide bonds. The third kappa shape index (κ3) is 2.65. The topological polar surface area (TPSA) is 88.3 Å². The van der Waals surface area contributed by atoms with E-state index in [-0.39, 0.29) is 30.9 Å². The van der Waals surface area contributed by atoms with Crippen molar-refractivity contribution < 1.29 is 9.59 Å². The Balaban J connectivity index is 2.14. The number of carbonyl (C=O) groups excluding carboxylic acids is 2. The number of aromatic nitrogens is 1. The molecular formula is C12H16N4O2. The highest BCUT2D eigenvalue weighted by atomic mass is 16.2. The summed E-state index contributed by atoms with van der Waals surface area (Å²) < 4.78 is 0. The van der Waals surface area contributed by atoms with E-state index in [1.807, 2.05) is 19.1 Å². The lowest BCUT2D eigenvalue weighted by molar-refractivity contribution is -0.130. The monoisotopic (exact) mass is 248 g/mol. The number of hydrogen-bond acceptors (Lipinski definition) is 5. The lowest BCUT2D eigenvalue weighted by Crippen LogP contribution is -2.51. The number of piperazine rings is 1. The van der Waals surface area contributed by atoms with Crippen molar-refractivity contribution >= 4 is 17.5 Å². The van der Waals surface area contributed by atoms with Crippen molar-refractivity contribution in [2.75, 3.05) is 18.0 Å². The minimum absolute atomic E-state index is 0.0784. The summed E-state index contributed by atoms with van der Waals surface area (Å²) in [5.41, 5.74) is 7.44. The molecule has 1 aromatic heterocycles. The number of nitrogens with one attached hydrogen (secondary N) is 1. The summed E-state index contributed by atoms with van der Waals surface area (Å²) in [5.74, 6) is -0.582. The van der Waals surface area contributed by atoms with Gasteiger partial charge in [0.2, 0.25) is 11.8 Å². The number of anilines is 1. The van der Waals surface area contributed by atoms with Crippen LogP contribution in [0.4, 0.5) is 5.69 Å². The number of pyridine rings is 1. The molecule has 0 unspecified atom stereocenters. The van der Waals surface area contributed by atoms with Crippen molar-refractivity contribution in [1.82, 2.24) is 10.3 Å². The van der Waals surface area contributed by atoms with Crippen molar-refractivity contribution in [3.8, 4) is 0 Å². The van der Waals surface area contributed by atoms with E-state index in [9.17, 15) is 9.59 Å². The molecule has 96 valence electrons. The molecule has 0 spiro atoms. The zero-order chi connectivity index (χ0) is 13.1. The van der Waals surface area contributed by atoms with Crippen LogP contribution < -0.4 is 16.0 Å². The highest BCUT2D eigenvalue weighted by molar-refractivity contribution is 6.02. The van der Waals surface area contributed by atoms with Gasteiger partial charge in [0.25, 0.3) is 0 Å². The van der Waals surface area contributed by atoms with Crippen LogP contribution in [0.2, 0.25) is 0 Å². The van der Waals surface area contributed by atoms with Crippen molar-refractivity contribution in [3.05, 3.63) is 24.0 Å². The summed E-state index contributed by atoms with van der Waals surface area (Å²) in [6.45, 7) is 2.34. The zero-order valence-electron chi connectivity index (χ0n) is 10.2. The molecule has 1 fully saturated rings. The molecule has 3 N–H and O–H groups in total. The summed E-state index contributed by atoms with van der Waals surface area (Å²) in [7, 11) is 0. The first-order valence-corrected chi connectivity index (χ1v) is 5.89. The SMILES string of the molecule is CC[C@H](N)c1ccc(N2CC(=O)NC(=O)C2)cn1. The Morgan fingerprint density at radius 1 is 1.39 bits per heavy atom. The van der Waals surface area contributed by atoms with E-state index in [4.69, 9.17) is 5.73 Å². The van der Waals surface area contributed by atoms with Crippen molar-refractivity contribution in [2.45, 2.75) is 19.4 Å². The first kappa shape index (κ1) is 12.5. The molecule has 2 rings (SSSR count). The minimum Gasteiger partial charge on any atom is -0.352 e. The molecule has 0 aliphatic carbocycles. The van der Waals surface area contributed by atoms with Crippen LogP contribution in [-0.2, 0) is 9.59 Å². The molecule has 1 saturated heterocycles. The number of rotatable bonds is 3. The first-order chi connectivity index (χ1) is 8.60. The number of nitrogens with two attached hydrogens (primary N) is 1. The molecule has 1 aliphatic heterocycles. The van der Waals surface area contributed by atoms with Gasteiger partial charge in [0.1, 0.15) is 0 Å². The molecule has 0 aromatic carbocycles. The number of amides is 2. The third-order valence-electron chi connectivity index (χ3n) is 2.90. The van der Waals surface area contributed by atoms with E-state index >= 15 is 0 Å². The van der Waals surface area contributed by atoms with E-state index in [0.717, 1.165) is 17.8 Å². The maximum absolute atomic E-state index is 11.3. The molecular weight excluding hydrogens is 232 g/mol. The minimum atomic E-state index is -0.291. The molecule has 6 heteroatoms. The summed E-state index contributed by atoms with van der Waals surface area (Å²) >= 11 is 0. The normalized spacial score (nSPS) is 17.6. The number of imide groups is 1. The Kier molecular flexibility index (Phi) is 3.57. The number of hydrogen-bond donors (Lipinski definition) is 2. The van der Waals surface area contributed by atoms with Crippen LogP contribution in [0.3, 0.4) is 0 Å². The average Bonchev–Trinajstić information content (AvgIpc) is 2.37. The quantitative estimate of drug-likeness (QED) is 0.732. The highest BCUT2D eigenvalue weighted by Crippen LogP contribution is 2.17. The maximum Gasteiger partial charge on any atom is 0.246 e. The largest absolute Gasteiger partial charge is 0.352 e. The molecule has 2 heterocycles. The van der Waals surface area contributed by atoms with Gasteiger partial charge < -0.3 is 10.6 Å². The molecule has 1 aliphatic rings. The molecule has 0 bridgehead atoms. The molecule has 1 aromatic rings. The van der Waals surface area contributed by atoms with E-state index in [0.29, 0.717) is 0 Å². The van der Waals surface area contributed by atoms with Crippen LogP contribution in [0.1, 0.15) is 25.1 Å².